The maximum atomic E-state index is 12.4. The minimum absolute atomic E-state index is 0.0715. The molecule has 0 radical (unpaired) electrons. The fourth-order valence-electron chi connectivity index (χ4n) is 3.25. The van der Waals surface area contributed by atoms with Gasteiger partial charge in [0, 0.05) is 12.7 Å². The van der Waals surface area contributed by atoms with Crippen molar-refractivity contribution in [1.29, 1.82) is 0 Å². The minimum Gasteiger partial charge on any atom is -0.483 e. The first-order valence-electron chi connectivity index (χ1n) is 9.87. The predicted molar refractivity (Wildman–Crippen MR) is 121 cm³/mol. The van der Waals surface area contributed by atoms with Crippen molar-refractivity contribution in [3.8, 4) is 5.75 Å². The molecule has 0 spiro atoms. The third kappa shape index (κ3) is 5.42. The van der Waals surface area contributed by atoms with E-state index in [0.717, 1.165) is 33.7 Å². The topological polar surface area (TPSA) is 69.0 Å². The standard InChI is InChI=1S/C23H28N4O2S/c1-14-7-8-17(4)20(12-14)24-21(28)13-30-23-26-25-22(27(23)6)18(5)29-19-10-15(2)9-16(3)11-19/h7-12,18H,13H2,1-6H3,(H,24,28). The van der Waals surface area contributed by atoms with Gasteiger partial charge in [0.1, 0.15) is 5.75 Å². The molecule has 7 heteroatoms. The Balaban J connectivity index is 1.62. The number of hydrogen-bond acceptors (Lipinski definition) is 5. The first kappa shape index (κ1) is 21.9. The van der Waals surface area contributed by atoms with Crippen molar-refractivity contribution in [3.05, 3.63) is 64.5 Å². The van der Waals surface area contributed by atoms with Gasteiger partial charge < -0.3 is 14.6 Å². The van der Waals surface area contributed by atoms with E-state index in [2.05, 4.69) is 21.6 Å². The maximum absolute atomic E-state index is 12.4. The summed E-state index contributed by atoms with van der Waals surface area (Å²) in [6.45, 7) is 10.0. The summed E-state index contributed by atoms with van der Waals surface area (Å²) in [6, 6.07) is 12.1. The molecule has 0 saturated carbocycles. The maximum Gasteiger partial charge on any atom is 0.234 e. The van der Waals surface area contributed by atoms with Crippen LogP contribution in [0.2, 0.25) is 0 Å². The normalized spacial score (nSPS) is 11.9. The van der Waals surface area contributed by atoms with Gasteiger partial charge in [-0.2, -0.15) is 0 Å². The van der Waals surface area contributed by atoms with Crippen LogP contribution in [0.5, 0.6) is 5.75 Å². The van der Waals surface area contributed by atoms with E-state index >= 15 is 0 Å². The molecule has 0 aliphatic carbocycles. The highest BCUT2D eigenvalue weighted by Gasteiger charge is 2.18. The number of benzene rings is 2. The molecule has 1 heterocycles. The lowest BCUT2D eigenvalue weighted by atomic mass is 10.1. The van der Waals surface area contributed by atoms with Crippen LogP contribution in [0.15, 0.2) is 41.6 Å². The van der Waals surface area contributed by atoms with E-state index < -0.39 is 0 Å². The number of nitrogens with one attached hydrogen (secondary N) is 1. The van der Waals surface area contributed by atoms with Gasteiger partial charge in [0.25, 0.3) is 0 Å². The Labute approximate surface area is 182 Å². The smallest absolute Gasteiger partial charge is 0.234 e. The molecule has 0 aliphatic heterocycles. The Morgan fingerprint density at radius 3 is 2.47 bits per heavy atom. The molecule has 158 valence electrons. The van der Waals surface area contributed by atoms with Crippen molar-refractivity contribution >= 4 is 23.4 Å². The molecule has 0 saturated heterocycles. The van der Waals surface area contributed by atoms with E-state index in [-0.39, 0.29) is 17.8 Å². The summed E-state index contributed by atoms with van der Waals surface area (Å²) in [5.41, 5.74) is 5.30. The highest BCUT2D eigenvalue weighted by molar-refractivity contribution is 7.99. The zero-order valence-corrected chi connectivity index (χ0v) is 19.1. The number of aromatic nitrogens is 3. The highest BCUT2D eigenvalue weighted by Crippen LogP contribution is 2.25. The number of nitrogens with zero attached hydrogens (tertiary/aromatic N) is 3. The Kier molecular flexibility index (Phi) is 6.82. The van der Waals surface area contributed by atoms with Crippen LogP contribution in [-0.2, 0) is 11.8 Å². The summed E-state index contributed by atoms with van der Waals surface area (Å²) >= 11 is 1.36. The number of thioether (sulfide) groups is 1. The molecule has 3 aromatic rings. The van der Waals surface area contributed by atoms with Crippen LogP contribution in [0.25, 0.3) is 0 Å². The molecule has 1 amide bonds. The molecule has 0 bridgehead atoms. The van der Waals surface area contributed by atoms with Crippen LogP contribution in [0, 0.1) is 27.7 Å². The molecule has 1 atom stereocenters. The summed E-state index contributed by atoms with van der Waals surface area (Å²) in [4.78, 5) is 12.4. The fourth-order valence-corrected chi connectivity index (χ4v) is 3.97. The number of rotatable bonds is 7. The van der Waals surface area contributed by atoms with Crippen LogP contribution in [0.4, 0.5) is 5.69 Å². The highest BCUT2D eigenvalue weighted by atomic mass is 32.2. The number of anilines is 1. The molecule has 2 aromatic carbocycles. The van der Waals surface area contributed by atoms with Crippen molar-refractivity contribution in [3.63, 3.8) is 0 Å². The van der Waals surface area contributed by atoms with E-state index in [0.29, 0.717) is 11.0 Å². The Morgan fingerprint density at radius 1 is 1.07 bits per heavy atom. The average molecular weight is 425 g/mol. The lowest BCUT2D eigenvalue weighted by molar-refractivity contribution is -0.113. The van der Waals surface area contributed by atoms with Gasteiger partial charge in [-0.1, -0.05) is 30.0 Å². The van der Waals surface area contributed by atoms with Crippen LogP contribution >= 0.6 is 11.8 Å². The van der Waals surface area contributed by atoms with Crippen molar-refractivity contribution in [1.82, 2.24) is 14.8 Å². The molecule has 0 fully saturated rings. The number of hydrogen-bond donors (Lipinski definition) is 1. The van der Waals surface area contributed by atoms with Gasteiger partial charge in [0.05, 0.1) is 5.75 Å². The number of carbonyl (C=O) groups is 1. The first-order valence-corrected chi connectivity index (χ1v) is 10.9. The molecular formula is C23H28N4O2S. The molecule has 0 aliphatic rings. The molecule has 6 nitrogen and oxygen atoms in total. The van der Waals surface area contributed by atoms with Gasteiger partial charge in [-0.15, -0.1) is 10.2 Å². The van der Waals surface area contributed by atoms with Gasteiger partial charge in [0.2, 0.25) is 5.91 Å². The van der Waals surface area contributed by atoms with E-state index in [4.69, 9.17) is 4.74 Å². The van der Waals surface area contributed by atoms with Crippen LogP contribution in [0.3, 0.4) is 0 Å². The van der Waals surface area contributed by atoms with Crippen molar-refractivity contribution in [2.75, 3.05) is 11.1 Å². The fraction of sp³-hybridized carbons (Fsp3) is 0.348. The molecule has 3 rings (SSSR count). The van der Waals surface area contributed by atoms with Gasteiger partial charge >= 0.3 is 0 Å². The second kappa shape index (κ2) is 9.34. The van der Waals surface area contributed by atoms with Crippen molar-refractivity contribution in [2.24, 2.45) is 7.05 Å². The Morgan fingerprint density at radius 2 is 1.77 bits per heavy atom. The van der Waals surface area contributed by atoms with E-state index in [1.807, 2.05) is 76.6 Å². The third-order valence-electron chi connectivity index (χ3n) is 4.74. The van der Waals surface area contributed by atoms with Gasteiger partial charge in [-0.25, -0.2) is 0 Å². The minimum atomic E-state index is -0.262. The monoisotopic (exact) mass is 424 g/mol. The van der Waals surface area contributed by atoms with Crippen LogP contribution < -0.4 is 10.1 Å². The largest absolute Gasteiger partial charge is 0.483 e. The SMILES string of the molecule is Cc1cc(C)cc(OC(C)c2nnc(SCC(=O)Nc3cc(C)ccc3C)n2C)c1. The second-order valence-electron chi connectivity index (χ2n) is 7.64. The van der Waals surface area contributed by atoms with Crippen LogP contribution in [0.1, 0.15) is 41.1 Å². The zero-order valence-electron chi connectivity index (χ0n) is 18.3. The van der Waals surface area contributed by atoms with E-state index in [1.165, 1.54) is 11.8 Å². The molecule has 1 aromatic heterocycles. The molecule has 1 N–H and O–H groups in total. The number of carbonyl (C=O) groups excluding carboxylic acids is 1. The summed E-state index contributed by atoms with van der Waals surface area (Å²) in [5.74, 6) is 1.71. The Hall–Kier alpha value is -2.80. The summed E-state index contributed by atoms with van der Waals surface area (Å²) in [7, 11) is 1.89. The summed E-state index contributed by atoms with van der Waals surface area (Å²) in [5, 5.41) is 12.2. The van der Waals surface area contributed by atoms with E-state index in [1.54, 1.807) is 0 Å². The molecule has 1 unspecified atom stereocenters. The van der Waals surface area contributed by atoms with Gasteiger partial charge in [0.15, 0.2) is 17.1 Å². The summed E-state index contributed by atoms with van der Waals surface area (Å²) < 4.78 is 7.95. The lowest BCUT2D eigenvalue weighted by Gasteiger charge is -2.15. The van der Waals surface area contributed by atoms with Gasteiger partial charge in [-0.3, -0.25) is 4.79 Å². The van der Waals surface area contributed by atoms with Crippen molar-refractivity contribution in [2.45, 2.75) is 45.9 Å². The quantitative estimate of drug-likeness (QED) is 0.545. The predicted octanol–water partition coefficient (Wildman–Crippen LogP) is 4.92. The van der Waals surface area contributed by atoms with Gasteiger partial charge in [-0.05, 0) is 75.1 Å². The Bertz CT molecular complexity index is 1040. The second-order valence-corrected chi connectivity index (χ2v) is 8.58. The number of ether oxygens (including phenoxy) is 1. The van der Waals surface area contributed by atoms with Crippen molar-refractivity contribution < 1.29 is 9.53 Å². The van der Waals surface area contributed by atoms with Crippen LogP contribution in [-0.4, -0.2) is 26.4 Å². The molecular weight excluding hydrogens is 396 g/mol. The third-order valence-corrected chi connectivity index (χ3v) is 5.76. The van der Waals surface area contributed by atoms with E-state index in [9.17, 15) is 4.79 Å². The average Bonchev–Trinajstić information content (AvgIpc) is 3.03. The summed E-state index contributed by atoms with van der Waals surface area (Å²) in [6.07, 6.45) is -0.262. The number of amides is 1. The zero-order chi connectivity index (χ0) is 21.8. The molecule has 30 heavy (non-hydrogen) atoms. The number of aryl methyl sites for hydroxylation is 4. The lowest BCUT2D eigenvalue weighted by Crippen LogP contribution is -2.15. The first-order chi connectivity index (χ1) is 14.2.